The van der Waals surface area contributed by atoms with Gasteiger partial charge in [-0.25, -0.2) is 4.79 Å². The van der Waals surface area contributed by atoms with Crippen molar-refractivity contribution in [1.29, 1.82) is 0 Å². The lowest BCUT2D eigenvalue weighted by Gasteiger charge is -2.02. The van der Waals surface area contributed by atoms with E-state index in [4.69, 9.17) is 11.6 Å². The van der Waals surface area contributed by atoms with Crippen LogP contribution in [0.15, 0.2) is 24.3 Å². The Bertz CT molecular complexity index is 285. The van der Waals surface area contributed by atoms with Crippen LogP contribution in [0, 0.1) is 7.11 Å². The van der Waals surface area contributed by atoms with Gasteiger partial charge in [-0.15, -0.1) is 0 Å². The largest absolute Gasteiger partial charge is 0.514 e. The summed E-state index contributed by atoms with van der Waals surface area (Å²) < 4.78 is 8.68. The van der Waals surface area contributed by atoms with Crippen molar-refractivity contribution in [2.75, 3.05) is 0 Å². The molecule has 1 rings (SSSR count). The lowest BCUT2D eigenvalue weighted by atomic mass is 10.3. The molecule has 0 fully saturated rings. The molecule has 0 aliphatic carbocycles. The molecule has 0 atom stereocenters. The first-order valence-electron chi connectivity index (χ1n) is 3.12. The number of hydrogen-bond donors (Lipinski definition) is 0. The smallest absolute Gasteiger partial charge is 0.430 e. The molecule has 0 N–H and O–H groups in total. The Morgan fingerprint density at radius 1 is 1.42 bits per heavy atom. The quantitative estimate of drug-likeness (QED) is 0.499. The first-order valence-corrected chi connectivity index (χ1v) is 3.50. The normalized spacial score (nSPS) is 9.17. The molecule has 0 aromatic heterocycles. The second-order valence-corrected chi connectivity index (χ2v) is 2.33. The standard InChI is InChI=1S/C8H6ClO3/c1-11-8(10)12-7-5-3-2-4-6(7)9/h2-5H,1H2. The van der Waals surface area contributed by atoms with E-state index < -0.39 is 6.16 Å². The summed E-state index contributed by atoms with van der Waals surface area (Å²) in [6, 6.07) is 6.58. The number of para-hydroxylation sites is 1. The van der Waals surface area contributed by atoms with Gasteiger partial charge >= 0.3 is 6.16 Å². The monoisotopic (exact) mass is 185 g/mol. The Kier molecular flexibility index (Phi) is 2.94. The summed E-state index contributed by atoms with van der Waals surface area (Å²) in [6.45, 7) is 0. The van der Waals surface area contributed by atoms with E-state index in [2.05, 4.69) is 16.6 Å². The third-order valence-electron chi connectivity index (χ3n) is 1.15. The topological polar surface area (TPSA) is 35.5 Å². The Morgan fingerprint density at radius 2 is 2.08 bits per heavy atom. The predicted molar refractivity (Wildman–Crippen MR) is 43.9 cm³/mol. The van der Waals surface area contributed by atoms with Crippen LogP contribution >= 0.6 is 11.6 Å². The molecular weight excluding hydrogens is 180 g/mol. The van der Waals surface area contributed by atoms with Crippen LogP contribution in [0.5, 0.6) is 5.75 Å². The number of hydrogen-bond acceptors (Lipinski definition) is 3. The molecule has 1 aromatic carbocycles. The van der Waals surface area contributed by atoms with Gasteiger partial charge in [-0.2, -0.15) is 0 Å². The Labute approximate surface area is 74.9 Å². The van der Waals surface area contributed by atoms with Crippen LogP contribution in [-0.2, 0) is 4.74 Å². The fraction of sp³-hybridized carbons (Fsp3) is 0. The number of carbonyl (C=O) groups is 1. The SMILES string of the molecule is [CH2]OC(=O)Oc1ccccc1Cl. The molecule has 0 amide bonds. The van der Waals surface area contributed by atoms with Crippen molar-refractivity contribution >= 4 is 17.8 Å². The lowest BCUT2D eigenvalue weighted by Crippen LogP contribution is -2.06. The lowest BCUT2D eigenvalue weighted by molar-refractivity contribution is 0.133. The molecule has 1 radical (unpaired) electrons. The van der Waals surface area contributed by atoms with Gasteiger partial charge in [0.25, 0.3) is 0 Å². The number of benzene rings is 1. The van der Waals surface area contributed by atoms with Gasteiger partial charge in [0.1, 0.15) is 7.11 Å². The summed E-state index contributed by atoms with van der Waals surface area (Å²) in [4.78, 5) is 10.6. The highest BCUT2D eigenvalue weighted by Gasteiger charge is 2.05. The van der Waals surface area contributed by atoms with Crippen LogP contribution in [0.3, 0.4) is 0 Å². The van der Waals surface area contributed by atoms with Crippen LogP contribution in [0.1, 0.15) is 0 Å². The van der Waals surface area contributed by atoms with Crippen LogP contribution in [0.4, 0.5) is 4.79 Å². The predicted octanol–water partition coefficient (Wildman–Crippen LogP) is 2.65. The van der Waals surface area contributed by atoms with Crippen molar-refractivity contribution in [3.05, 3.63) is 36.4 Å². The molecule has 63 valence electrons. The molecular formula is C8H6ClO3. The zero-order valence-electron chi connectivity index (χ0n) is 6.12. The highest BCUT2D eigenvalue weighted by molar-refractivity contribution is 6.32. The molecule has 0 spiro atoms. The van der Waals surface area contributed by atoms with Gasteiger partial charge < -0.3 is 9.47 Å². The van der Waals surface area contributed by atoms with Gasteiger partial charge in [-0.3, -0.25) is 0 Å². The number of rotatable bonds is 1. The van der Waals surface area contributed by atoms with E-state index in [1.54, 1.807) is 24.3 Å². The Balaban J connectivity index is 2.75. The maximum atomic E-state index is 10.6. The molecule has 0 unspecified atom stereocenters. The number of halogens is 1. The van der Waals surface area contributed by atoms with E-state index in [0.717, 1.165) is 0 Å². The average molecular weight is 186 g/mol. The van der Waals surface area contributed by atoms with Gasteiger partial charge in [-0.05, 0) is 12.1 Å². The van der Waals surface area contributed by atoms with Gasteiger partial charge in [0.2, 0.25) is 0 Å². The summed E-state index contributed by atoms with van der Waals surface area (Å²) in [6.07, 6.45) is -0.886. The molecule has 0 bridgehead atoms. The van der Waals surface area contributed by atoms with Crippen LogP contribution < -0.4 is 4.74 Å². The zero-order chi connectivity index (χ0) is 8.97. The van der Waals surface area contributed by atoms with E-state index in [0.29, 0.717) is 5.02 Å². The van der Waals surface area contributed by atoms with Gasteiger partial charge in [-0.1, -0.05) is 23.7 Å². The van der Waals surface area contributed by atoms with E-state index in [1.165, 1.54) is 0 Å². The minimum atomic E-state index is -0.886. The van der Waals surface area contributed by atoms with Gasteiger partial charge in [0, 0.05) is 0 Å². The first-order chi connectivity index (χ1) is 5.74. The molecule has 12 heavy (non-hydrogen) atoms. The van der Waals surface area contributed by atoms with Crippen molar-refractivity contribution in [3.63, 3.8) is 0 Å². The zero-order valence-corrected chi connectivity index (χ0v) is 6.88. The Hall–Kier alpha value is -1.22. The highest BCUT2D eigenvalue weighted by Crippen LogP contribution is 2.23. The third kappa shape index (κ3) is 2.13. The second-order valence-electron chi connectivity index (χ2n) is 1.93. The Morgan fingerprint density at radius 3 is 2.67 bits per heavy atom. The number of carbonyl (C=O) groups excluding carboxylic acids is 1. The van der Waals surface area contributed by atoms with E-state index in [-0.39, 0.29) is 5.75 Å². The van der Waals surface area contributed by atoms with Crippen molar-refractivity contribution in [2.45, 2.75) is 0 Å². The molecule has 0 saturated heterocycles. The number of ether oxygens (including phenoxy) is 2. The minimum Gasteiger partial charge on any atom is -0.430 e. The molecule has 1 aromatic rings. The van der Waals surface area contributed by atoms with Crippen LogP contribution in [0.2, 0.25) is 5.02 Å². The molecule has 0 saturated carbocycles. The first kappa shape index (κ1) is 8.87. The van der Waals surface area contributed by atoms with E-state index >= 15 is 0 Å². The summed E-state index contributed by atoms with van der Waals surface area (Å²) in [5.74, 6) is 0.257. The summed E-state index contributed by atoms with van der Waals surface area (Å²) in [5, 5.41) is 0.350. The molecule has 0 aliphatic rings. The van der Waals surface area contributed by atoms with Crippen LogP contribution in [0.25, 0.3) is 0 Å². The summed E-state index contributed by atoms with van der Waals surface area (Å²) in [7, 11) is 2.89. The summed E-state index contributed by atoms with van der Waals surface area (Å²) in [5.41, 5.74) is 0. The maximum Gasteiger partial charge on any atom is 0.514 e. The highest BCUT2D eigenvalue weighted by atomic mass is 35.5. The average Bonchev–Trinajstić information content (AvgIpc) is 2.09. The fourth-order valence-electron chi connectivity index (χ4n) is 0.647. The van der Waals surface area contributed by atoms with E-state index in [1.807, 2.05) is 0 Å². The summed E-state index contributed by atoms with van der Waals surface area (Å²) >= 11 is 5.67. The second kappa shape index (κ2) is 3.97. The molecule has 0 heterocycles. The van der Waals surface area contributed by atoms with Crippen molar-refractivity contribution in [3.8, 4) is 5.75 Å². The fourth-order valence-corrected chi connectivity index (χ4v) is 0.821. The molecule has 3 nitrogen and oxygen atoms in total. The maximum absolute atomic E-state index is 10.6. The molecule has 4 heteroatoms. The van der Waals surface area contributed by atoms with Gasteiger partial charge in [0.15, 0.2) is 5.75 Å². The van der Waals surface area contributed by atoms with Crippen molar-refractivity contribution < 1.29 is 14.3 Å². The van der Waals surface area contributed by atoms with E-state index in [9.17, 15) is 4.79 Å². The third-order valence-corrected chi connectivity index (χ3v) is 1.46. The van der Waals surface area contributed by atoms with Gasteiger partial charge in [0.05, 0.1) is 5.02 Å². The molecule has 0 aliphatic heterocycles. The van der Waals surface area contributed by atoms with Crippen LogP contribution in [-0.4, -0.2) is 6.16 Å². The van der Waals surface area contributed by atoms with Crippen molar-refractivity contribution in [2.24, 2.45) is 0 Å². The minimum absolute atomic E-state index is 0.257. The van der Waals surface area contributed by atoms with Crippen molar-refractivity contribution in [1.82, 2.24) is 0 Å².